The van der Waals surface area contributed by atoms with Gasteiger partial charge in [-0.25, -0.2) is 4.79 Å². The summed E-state index contributed by atoms with van der Waals surface area (Å²) in [5.74, 6) is -7.28. The van der Waals surface area contributed by atoms with Crippen LogP contribution in [-0.2, 0) is 10.7 Å². The molecule has 0 amide bonds. The van der Waals surface area contributed by atoms with E-state index < -0.39 is 23.2 Å². The molecule has 0 atom stereocenters. The predicted octanol–water partition coefficient (Wildman–Crippen LogP) is 2.22. The van der Waals surface area contributed by atoms with Crippen molar-refractivity contribution < 1.29 is 23.8 Å². The highest BCUT2D eigenvalue weighted by atomic mass is 35.5. The van der Waals surface area contributed by atoms with Crippen molar-refractivity contribution in [1.82, 2.24) is 0 Å². The van der Waals surface area contributed by atoms with E-state index in [0.29, 0.717) is 0 Å². The van der Waals surface area contributed by atoms with E-state index in [1.165, 1.54) is 0 Å². The van der Waals surface area contributed by atoms with Crippen molar-refractivity contribution in [2.45, 2.75) is 5.92 Å². The molecule has 1 aromatic rings. The van der Waals surface area contributed by atoms with Gasteiger partial charge in [-0.2, -0.15) is 8.78 Å². The fourth-order valence-electron chi connectivity index (χ4n) is 0.886. The zero-order valence-electron chi connectivity index (χ0n) is 6.67. The molecule has 0 aliphatic rings. The van der Waals surface area contributed by atoms with E-state index >= 15 is 0 Å². The van der Waals surface area contributed by atoms with E-state index in [0.717, 1.165) is 18.2 Å². The predicted molar refractivity (Wildman–Crippen MR) is 44.6 cm³/mol. The second-order valence-corrected chi connectivity index (χ2v) is 2.98. The fraction of sp³-hybridized carbons (Fsp3) is 0.125. The van der Waals surface area contributed by atoms with Gasteiger partial charge in [0.15, 0.2) is 0 Å². The molecule has 6 heteroatoms. The van der Waals surface area contributed by atoms with Gasteiger partial charge in [0, 0.05) is 5.02 Å². The third kappa shape index (κ3) is 1.77. The number of carboxylic acids is 1. The summed E-state index contributed by atoms with van der Waals surface area (Å²) < 4.78 is 25.7. The van der Waals surface area contributed by atoms with Crippen molar-refractivity contribution in [3.63, 3.8) is 0 Å². The first-order chi connectivity index (χ1) is 6.35. The highest BCUT2D eigenvalue weighted by Gasteiger charge is 2.43. The standard InChI is InChI=1S/C8H5ClF2O3/c9-4-1-2-5(6(12)3-4)8(10,11)7(13)14/h1-3,12H,(H,13,14). The molecule has 14 heavy (non-hydrogen) atoms. The Morgan fingerprint density at radius 3 is 2.43 bits per heavy atom. The Morgan fingerprint density at radius 2 is 2.00 bits per heavy atom. The highest BCUT2D eigenvalue weighted by Crippen LogP contribution is 2.35. The van der Waals surface area contributed by atoms with Crippen LogP contribution in [0.1, 0.15) is 5.56 Å². The van der Waals surface area contributed by atoms with Crippen LogP contribution in [0.3, 0.4) is 0 Å². The van der Waals surface area contributed by atoms with Crippen LogP contribution in [0.25, 0.3) is 0 Å². The summed E-state index contributed by atoms with van der Waals surface area (Å²) >= 11 is 5.39. The third-order valence-corrected chi connectivity index (χ3v) is 1.80. The molecule has 0 bridgehead atoms. The van der Waals surface area contributed by atoms with Gasteiger partial charge in [0.25, 0.3) is 0 Å². The molecule has 0 saturated heterocycles. The molecule has 0 saturated carbocycles. The molecule has 0 unspecified atom stereocenters. The van der Waals surface area contributed by atoms with Crippen molar-refractivity contribution >= 4 is 17.6 Å². The maximum Gasteiger partial charge on any atom is 0.379 e. The minimum Gasteiger partial charge on any atom is -0.507 e. The number of rotatable bonds is 2. The van der Waals surface area contributed by atoms with Gasteiger partial charge in [-0.15, -0.1) is 0 Å². The Morgan fingerprint density at radius 1 is 1.43 bits per heavy atom. The first-order valence-corrected chi connectivity index (χ1v) is 3.83. The molecule has 1 rings (SSSR count). The summed E-state index contributed by atoms with van der Waals surface area (Å²) in [6.07, 6.45) is 0. The first kappa shape index (κ1) is 10.7. The van der Waals surface area contributed by atoms with Crippen molar-refractivity contribution in [3.05, 3.63) is 28.8 Å². The number of phenolic OH excluding ortho intramolecular Hbond substituents is 1. The van der Waals surface area contributed by atoms with Gasteiger partial charge in [0.05, 0.1) is 5.56 Å². The Hall–Kier alpha value is -1.36. The largest absolute Gasteiger partial charge is 0.507 e. The van der Waals surface area contributed by atoms with Gasteiger partial charge >= 0.3 is 11.9 Å². The zero-order chi connectivity index (χ0) is 10.9. The maximum absolute atomic E-state index is 12.9. The molecule has 1 aromatic carbocycles. The minimum atomic E-state index is -4.12. The number of phenols is 1. The number of carboxylic acid groups (broad SMARTS) is 1. The lowest BCUT2D eigenvalue weighted by molar-refractivity contribution is -0.166. The summed E-state index contributed by atoms with van der Waals surface area (Å²) in [5, 5.41) is 17.3. The SMILES string of the molecule is O=C(O)C(F)(F)c1ccc(Cl)cc1O. The average Bonchev–Trinajstić information content (AvgIpc) is 2.02. The summed E-state index contributed by atoms with van der Waals surface area (Å²) in [5.41, 5.74) is -0.977. The van der Waals surface area contributed by atoms with E-state index in [9.17, 15) is 13.6 Å². The molecule has 76 valence electrons. The number of carbonyl (C=O) groups is 1. The van der Waals surface area contributed by atoms with Crippen molar-refractivity contribution in [2.24, 2.45) is 0 Å². The fourth-order valence-corrected chi connectivity index (χ4v) is 1.05. The molecule has 0 heterocycles. The van der Waals surface area contributed by atoms with Crippen LogP contribution >= 0.6 is 11.6 Å². The topological polar surface area (TPSA) is 57.5 Å². The Balaban J connectivity index is 3.26. The van der Waals surface area contributed by atoms with Crippen molar-refractivity contribution in [2.75, 3.05) is 0 Å². The molecule has 2 N–H and O–H groups in total. The van der Waals surface area contributed by atoms with E-state index in [1.54, 1.807) is 0 Å². The van der Waals surface area contributed by atoms with Gasteiger partial charge in [0.1, 0.15) is 5.75 Å². The molecule has 0 fully saturated rings. The number of hydrogen-bond donors (Lipinski definition) is 2. The van der Waals surface area contributed by atoms with E-state index in [-0.39, 0.29) is 5.02 Å². The molecule has 0 aliphatic heterocycles. The first-order valence-electron chi connectivity index (χ1n) is 3.46. The molecular weight excluding hydrogens is 218 g/mol. The molecule has 0 aromatic heterocycles. The lowest BCUT2D eigenvalue weighted by Gasteiger charge is -2.12. The van der Waals surface area contributed by atoms with Crippen molar-refractivity contribution in [3.8, 4) is 5.75 Å². The monoisotopic (exact) mass is 222 g/mol. The minimum absolute atomic E-state index is 0.0486. The van der Waals surface area contributed by atoms with Crippen LogP contribution in [0, 0.1) is 0 Å². The summed E-state index contributed by atoms with van der Waals surface area (Å²) in [6, 6.07) is 2.70. The van der Waals surface area contributed by atoms with E-state index in [4.69, 9.17) is 21.8 Å². The van der Waals surface area contributed by atoms with E-state index in [2.05, 4.69) is 0 Å². The number of aliphatic carboxylic acids is 1. The molecule has 0 radical (unpaired) electrons. The summed E-state index contributed by atoms with van der Waals surface area (Å²) in [6.45, 7) is 0. The van der Waals surface area contributed by atoms with Crippen LogP contribution in [-0.4, -0.2) is 16.2 Å². The smallest absolute Gasteiger partial charge is 0.379 e. The summed E-state index contributed by atoms with van der Waals surface area (Å²) in [7, 11) is 0. The summed E-state index contributed by atoms with van der Waals surface area (Å²) in [4.78, 5) is 10.2. The van der Waals surface area contributed by atoms with Crippen LogP contribution in [0.15, 0.2) is 18.2 Å². The van der Waals surface area contributed by atoms with Crippen LogP contribution < -0.4 is 0 Å². The molecule has 0 aliphatic carbocycles. The van der Waals surface area contributed by atoms with Gasteiger partial charge in [-0.1, -0.05) is 11.6 Å². The Kier molecular flexibility index (Phi) is 2.62. The lowest BCUT2D eigenvalue weighted by atomic mass is 10.1. The van der Waals surface area contributed by atoms with Crippen LogP contribution in [0.2, 0.25) is 5.02 Å². The number of hydrogen-bond acceptors (Lipinski definition) is 2. The van der Waals surface area contributed by atoms with Gasteiger partial charge in [-0.3, -0.25) is 0 Å². The maximum atomic E-state index is 12.9. The molecular formula is C8H5ClF2O3. The van der Waals surface area contributed by atoms with E-state index in [1.807, 2.05) is 0 Å². The highest BCUT2D eigenvalue weighted by molar-refractivity contribution is 6.30. The van der Waals surface area contributed by atoms with Gasteiger partial charge in [-0.05, 0) is 18.2 Å². The van der Waals surface area contributed by atoms with Gasteiger partial charge < -0.3 is 10.2 Å². The number of halogens is 3. The average molecular weight is 223 g/mol. The zero-order valence-corrected chi connectivity index (χ0v) is 7.42. The normalized spacial score (nSPS) is 11.4. The number of aromatic hydroxyl groups is 1. The van der Waals surface area contributed by atoms with Crippen LogP contribution in [0.4, 0.5) is 8.78 Å². The number of alkyl halides is 2. The second kappa shape index (κ2) is 3.42. The van der Waals surface area contributed by atoms with Gasteiger partial charge in [0.2, 0.25) is 0 Å². The molecule has 3 nitrogen and oxygen atoms in total. The second-order valence-electron chi connectivity index (χ2n) is 2.54. The molecule has 0 spiro atoms. The third-order valence-electron chi connectivity index (χ3n) is 1.57. The quantitative estimate of drug-likeness (QED) is 0.807. The Labute approximate surface area is 82.5 Å². The van der Waals surface area contributed by atoms with Crippen LogP contribution in [0.5, 0.6) is 5.75 Å². The Bertz CT molecular complexity index is 379. The number of benzene rings is 1. The van der Waals surface area contributed by atoms with Crippen molar-refractivity contribution in [1.29, 1.82) is 0 Å². The lowest BCUT2D eigenvalue weighted by Crippen LogP contribution is -2.25.